The third-order valence-electron chi connectivity index (χ3n) is 9.06. The molecule has 32 heavy (non-hydrogen) atoms. The standard InChI is InChI=1S/C27H38N2O3/c1-27(11-12-27)26(32)29-15-13-28(14-16-29)25(31)22-7-2-19(3-8-22)23-9-6-20-4-5-21(10-17-30)24(20)18-23/h2-3,7-8,20-21,23-24,30H,4-6,9-18H2,1H3. The van der Waals surface area contributed by atoms with E-state index >= 15 is 0 Å². The Bertz CT molecular complexity index is 839. The van der Waals surface area contributed by atoms with E-state index in [0.717, 1.165) is 36.7 Å². The molecular weight excluding hydrogens is 400 g/mol. The van der Waals surface area contributed by atoms with E-state index < -0.39 is 0 Å². The lowest BCUT2D eigenvalue weighted by Crippen LogP contribution is -2.52. The van der Waals surface area contributed by atoms with Crippen LogP contribution in [0.4, 0.5) is 0 Å². The van der Waals surface area contributed by atoms with E-state index in [4.69, 9.17) is 0 Å². The van der Waals surface area contributed by atoms with E-state index in [-0.39, 0.29) is 17.2 Å². The molecule has 0 aromatic heterocycles. The molecule has 5 heteroatoms. The van der Waals surface area contributed by atoms with Gasteiger partial charge in [-0.15, -0.1) is 0 Å². The van der Waals surface area contributed by atoms with E-state index in [9.17, 15) is 14.7 Å². The molecule has 1 aromatic rings. The molecule has 1 heterocycles. The Labute approximate surface area is 192 Å². The second kappa shape index (κ2) is 8.81. The molecule has 2 amide bonds. The summed E-state index contributed by atoms with van der Waals surface area (Å²) in [4.78, 5) is 29.4. The Hall–Kier alpha value is -1.88. The third-order valence-corrected chi connectivity index (χ3v) is 9.06. The summed E-state index contributed by atoms with van der Waals surface area (Å²) >= 11 is 0. The van der Waals surface area contributed by atoms with Crippen molar-refractivity contribution < 1.29 is 14.7 Å². The highest BCUT2D eigenvalue weighted by Crippen LogP contribution is 2.51. The Morgan fingerprint density at radius 1 is 0.969 bits per heavy atom. The molecule has 4 unspecified atom stereocenters. The first kappa shape index (κ1) is 21.9. The lowest BCUT2D eigenvalue weighted by atomic mass is 9.70. The molecule has 4 aliphatic rings. The number of nitrogens with zero attached hydrogens (tertiary/aromatic N) is 2. The second-order valence-corrected chi connectivity index (χ2v) is 11.1. The molecule has 5 rings (SSSR count). The first-order valence-electron chi connectivity index (χ1n) is 12.8. The largest absolute Gasteiger partial charge is 0.396 e. The van der Waals surface area contributed by atoms with Crippen LogP contribution >= 0.6 is 0 Å². The number of rotatable bonds is 5. The maximum Gasteiger partial charge on any atom is 0.253 e. The van der Waals surface area contributed by atoms with Gasteiger partial charge in [-0.2, -0.15) is 0 Å². The van der Waals surface area contributed by atoms with Gasteiger partial charge < -0.3 is 14.9 Å². The summed E-state index contributed by atoms with van der Waals surface area (Å²) in [6.07, 6.45) is 9.37. The zero-order chi connectivity index (χ0) is 22.3. The van der Waals surface area contributed by atoms with Crippen LogP contribution in [0.2, 0.25) is 0 Å². The smallest absolute Gasteiger partial charge is 0.253 e. The SMILES string of the molecule is CC1(C(=O)N2CCN(C(=O)c3ccc(C4CCC5CCC(CCO)C5C4)cc3)CC2)CC1. The fourth-order valence-electron chi connectivity index (χ4n) is 6.65. The van der Waals surface area contributed by atoms with Gasteiger partial charge in [-0.25, -0.2) is 0 Å². The van der Waals surface area contributed by atoms with Crippen LogP contribution in [0.25, 0.3) is 0 Å². The Balaban J connectivity index is 1.17. The van der Waals surface area contributed by atoms with Gasteiger partial charge in [0, 0.05) is 43.8 Å². The van der Waals surface area contributed by atoms with Crippen LogP contribution in [0, 0.1) is 23.2 Å². The lowest BCUT2D eigenvalue weighted by Gasteiger charge is -2.36. The van der Waals surface area contributed by atoms with Gasteiger partial charge in [-0.05, 0) is 92.7 Å². The molecule has 3 saturated carbocycles. The van der Waals surface area contributed by atoms with Gasteiger partial charge in [-0.3, -0.25) is 9.59 Å². The highest BCUT2D eigenvalue weighted by atomic mass is 16.3. The third kappa shape index (κ3) is 4.21. The van der Waals surface area contributed by atoms with Crippen LogP contribution in [0.15, 0.2) is 24.3 Å². The zero-order valence-corrected chi connectivity index (χ0v) is 19.5. The molecule has 1 saturated heterocycles. The average molecular weight is 439 g/mol. The number of hydrogen-bond donors (Lipinski definition) is 1. The Kier molecular flexibility index (Phi) is 6.04. The van der Waals surface area contributed by atoms with Gasteiger partial charge in [0.1, 0.15) is 0 Å². The molecule has 1 aliphatic heterocycles. The predicted molar refractivity (Wildman–Crippen MR) is 124 cm³/mol. The number of carbonyl (C=O) groups is 2. The van der Waals surface area contributed by atoms with Gasteiger partial charge >= 0.3 is 0 Å². The van der Waals surface area contributed by atoms with Crippen molar-refractivity contribution in [2.24, 2.45) is 23.2 Å². The van der Waals surface area contributed by atoms with E-state index in [1.807, 2.05) is 21.9 Å². The Morgan fingerprint density at radius 3 is 2.28 bits per heavy atom. The molecule has 0 bridgehead atoms. The van der Waals surface area contributed by atoms with Crippen molar-refractivity contribution in [3.05, 3.63) is 35.4 Å². The normalized spacial score (nSPS) is 31.3. The molecule has 5 nitrogen and oxygen atoms in total. The van der Waals surface area contributed by atoms with Gasteiger partial charge in [0.15, 0.2) is 0 Å². The molecule has 0 spiro atoms. The summed E-state index contributed by atoms with van der Waals surface area (Å²) in [6, 6.07) is 8.35. The Morgan fingerprint density at radius 2 is 1.62 bits per heavy atom. The minimum Gasteiger partial charge on any atom is -0.396 e. The monoisotopic (exact) mass is 438 g/mol. The van der Waals surface area contributed by atoms with Crippen LogP contribution in [-0.4, -0.2) is 59.5 Å². The number of benzene rings is 1. The van der Waals surface area contributed by atoms with Gasteiger partial charge in [0.05, 0.1) is 0 Å². The number of aliphatic hydroxyl groups is 1. The number of fused-ring (bicyclic) bond motifs is 1. The van der Waals surface area contributed by atoms with Crippen molar-refractivity contribution in [3.63, 3.8) is 0 Å². The van der Waals surface area contributed by atoms with Crippen molar-refractivity contribution in [3.8, 4) is 0 Å². The maximum atomic E-state index is 13.0. The molecule has 0 radical (unpaired) electrons. The number of hydrogen-bond acceptors (Lipinski definition) is 3. The van der Waals surface area contributed by atoms with Crippen LogP contribution in [0.1, 0.15) is 80.1 Å². The summed E-state index contributed by atoms with van der Waals surface area (Å²) in [7, 11) is 0. The average Bonchev–Trinajstić information content (AvgIpc) is 3.47. The van der Waals surface area contributed by atoms with Gasteiger partial charge in [0.25, 0.3) is 5.91 Å². The first-order valence-corrected chi connectivity index (χ1v) is 12.8. The van der Waals surface area contributed by atoms with Gasteiger partial charge in [-0.1, -0.05) is 19.1 Å². The topological polar surface area (TPSA) is 60.9 Å². The summed E-state index contributed by atoms with van der Waals surface area (Å²) in [6.45, 7) is 4.92. The minimum absolute atomic E-state index is 0.0868. The van der Waals surface area contributed by atoms with E-state index in [0.29, 0.717) is 44.6 Å². The molecule has 4 fully saturated rings. The predicted octanol–water partition coefficient (Wildman–Crippen LogP) is 4.06. The summed E-state index contributed by atoms with van der Waals surface area (Å²) in [5, 5.41) is 9.41. The number of carbonyl (C=O) groups excluding carboxylic acids is 2. The highest BCUT2D eigenvalue weighted by molar-refractivity contribution is 5.94. The second-order valence-electron chi connectivity index (χ2n) is 11.1. The van der Waals surface area contributed by atoms with E-state index in [2.05, 4.69) is 19.1 Å². The van der Waals surface area contributed by atoms with Crippen molar-refractivity contribution in [2.75, 3.05) is 32.8 Å². The van der Waals surface area contributed by atoms with E-state index in [1.165, 1.54) is 37.7 Å². The first-order chi connectivity index (χ1) is 15.5. The van der Waals surface area contributed by atoms with Crippen molar-refractivity contribution >= 4 is 11.8 Å². The quantitative estimate of drug-likeness (QED) is 0.754. The summed E-state index contributed by atoms with van der Waals surface area (Å²) in [5.41, 5.74) is 2.00. The van der Waals surface area contributed by atoms with Crippen LogP contribution < -0.4 is 0 Å². The molecule has 4 atom stereocenters. The number of aliphatic hydroxyl groups excluding tert-OH is 1. The highest BCUT2D eigenvalue weighted by Gasteiger charge is 2.47. The summed E-state index contributed by atoms with van der Waals surface area (Å²) in [5.74, 6) is 3.26. The fraction of sp³-hybridized carbons (Fsp3) is 0.704. The molecule has 1 N–H and O–H groups in total. The zero-order valence-electron chi connectivity index (χ0n) is 19.5. The maximum absolute atomic E-state index is 13.0. The minimum atomic E-state index is -0.127. The number of piperazine rings is 1. The fourth-order valence-corrected chi connectivity index (χ4v) is 6.65. The molecular formula is C27H38N2O3. The lowest BCUT2D eigenvalue weighted by molar-refractivity contribution is -0.137. The molecule has 1 aromatic carbocycles. The van der Waals surface area contributed by atoms with Crippen LogP contribution in [0.5, 0.6) is 0 Å². The van der Waals surface area contributed by atoms with Crippen LogP contribution in [-0.2, 0) is 4.79 Å². The number of amides is 2. The summed E-state index contributed by atoms with van der Waals surface area (Å²) < 4.78 is 0. The molecule has 3 aliphatic carbocycles. The molecule has 174 valence electrons. The van der Waals surface area contributed by atoms with Crippen molar-refractivity contribution in [1.29, 1.82) is 0 Å². The van der Waals surface area contributed by atoms with Crippen molar-refractivity contribution in [1.82, 2.24) is 9.80 Å². The van der Waals surface area contributed by atoms with Gasteiger partial charge in [0.2, 0.25) is 5.91 Å². The van der Waals surface area contributed by atoms with Crippen LogP contribution in [0.3, 0.4) is 0 Å². The van der Waals surface area contributed by atoms with Crippen molar-refractivity contribution in [2.45, 2.75) is 64.2 Å². The van der Waals surface area contributed by atoms with E-state index in [1.54, 1.807) is 0 Å².